The largest absolute Gasteiger partial charge is 0.303 e. The van der Waals surface area contributed by atoms with Crippen molar-refractivity contribution in [2.45, 2.75) is 19.5 Å². The SMILES string of the molecule is C[C@@H](NCc1cscn1)c1ccccn1. The van der Waals surface area contributed by atoms with Crippen LogP contribution in [-0.4, -0.2) is 9.97 Å². The van der Waals surface area contributed by atoms with Crippen LogP contribution < -0.4 is 5.32 Å². The Bertz CT molecular complexity index is 385. The Morgan fingerprint density at radius 2 is 2.33 bits per heavy atom. The van der Waals surface area contributed by atoms with Gasteiger partial charge >= 0.3 is 0 Å². The third kappa shape index (κ3) is 2.84. The zero-order valence-corrected chi connectivity index (χ0v) is 9.37. The molecular weight excluding hydrogens is 206 g/mol. The van der Waals surface area contributed by atoms with Gasteiger partial charge in [0.25, 0.3) is 0 Å². The summed E-state index contributed by atoms with van der Waals surface area (Å²) in [5, 5.41) is 5.44. The summed E-state index contributed by atoms with van der Waals surface area (Å²) in [7, 11) is 0. The van der Waals surface area contributed by atoms with Crippen LogP contribution in [0.1, 0.15) is 24.4 Å². The van der Waals surface area contributed by atoms with Gasteiger partial charge in [-0.05, 0) is 19.1 Å². The first-order chi connectivity index (χ1) is 7.36. The monoisotopic (exact) mass is 219 g/mol. The fourth-order valence-corrected chi connectivity index (χ4v) is 1.88. The van der Waals surface area contributed by atoms with E-state index in [1.807, 2.05) is 29.9 Å². The quantitative estimate of drug-likeness (QED) is 0.858. The molecule has 0 bridgehead atoms. The van der Waals surface area contributed by atoms with Gasteiger partial charge in [-0.2, -0.15) is 0 Å². The van der Waals surface area contributed by atoms with E-state index < -0.39 is 0 Å². The van der Waals surface area contributed by atoms with E-state index in [0.717, 1.165) is 17.9 Å². The zero-order valence-electron chi connectivity index (χ0n) is 8.55. The maximum Gasteiger partial charge on any atom is 0.0795 e. The lowest BCUT2D eigenvalue weighted by molar-refractivity contribution is 0.556. The first-order valence-electron chi connectivity index (χ1n) is 4.87. The van der Waals surface area contributed by atoms with Crippen molar-refractivity contribution in [2.24, 2.45) is 0 Å². The van der Waals surface area contributed by atoms with E-state index in [0.29, 0.717) is 0 Å². The van der Waals surface area contributed by atoms with Crippen molar-refractivity contribution in [1.82, 2.24) is 15.3 Å². The summed E-state index contributed by atoms with van der Waals surface area (Å²) in [6.45, 7) is 2.90. The summed E-state index contributed by atoms with van der Waals surface area (Å²) < 4.78 is 0. The van der Waals surface area contributed by atoms with Gasteiger partial charge in [-0.25, -0.2) is 4.98 Å². The van der Waals surface area contributed by atoms with Crippen molar-refractivity contribution in [2.75, 3.05) is 0 Å². The van der Waals surface area contributed by atoms with E-state index in [2.05, 4.69) is 27.6 Å². The van der Waals surface area contributed by atoms with Crippen molar-refractivity contribution >= 4 is 11.3 Å². The molecule has 0 unspecified atom stereocenters. The molecule has 15 heavy (non-hydrogen) atoms. The highest BCUT2D eigenvalue weighted by Gasteiger charge is 2.05. The average molecular weight is 219 g/mol. The summed E-state index contributed by atoms with van der Waals surface area (Å²) in [6.07, 6.45) is 1.82. The number of rotatable bonds is 4. The Labute approximate surface area is 93.2 Å². The number of hydrogen-bond acceptors (Lipinski definition) is 4. The first kappa shape index (κ1) is 10.3. The molecule has 2 aromatic rings. The molecule has 0 spiro atoms. The molecular formula is C11H13N3S. The van der Waals surface area contributed by atoms with Crippen LogP contribution in [0.4, 0.5) is 0 Å². The summed E-state index contributed by atoms with van der Waals surface area (Å²) in [5.74, 6) is 0. The van der Waals surface area contributed by atoms with Gasteiger partial charge in [-0.3, -0.25) is 4.98 Å². The Hall–Kier alpha value is -1.26. The van der Waals surface area contributed by atoms with Crippen LogP contribution in [0.3, 0.4) is 0 Å². The second-order valence-corrected chi connectivity index (χ2v) is 4.06. The van der Waals surface area contributed by atoms with Crippen molar-refractivity contribution in [1.29, 1.82) is 0 Å². The molecule has 1 atom stereocenters. The van der Waals surface area contributed by atoms with Crippen molar-refractivity contribution < 1.29 is 0 Å². The predicted octanol–water partition coefficient (Wildman–Crippen LogP) is 2.39. The van der Waals surface area contributed by atoms with Crippen molar-refractivity contribution in [3.05, 3.63) is 46.7 Å². The van der Waals surface area contributed by atoms with Gasteiger partial charge in [0.05, 0.1) is 16.9 Å². The minimum atomic E-state index is 0.257. The molecule has 2 heterocycles. The van der Waals surface area contributed by atoms with Gasteiger partial charge in [0.2, 0.25) is 0 Å². The van der Waals surface area contributed by atoms with E-state index in [4.69, 9.17) is 0 Å². The zero-order chi connectivity index (χ0) is 10.5. The van der Waals surface area contributed by atoms with Crippen LogP contribution in [0.5, 0.6) is 0 Å². The molecule has 0 fully saturated rings. The first-order valence-corrected chi connectivity index (χ1v) is 5.82. The molecule has 2 rings (SSSR count). The van der Waals surface area contributed by atoms with Gasteiger partial charge in [-0.15, -0.1) is 11.3 Å². The maximum absolute atomic E-state index is 4.30. The van der Waals surface area contributed by atoms with Crippen LogP contribution in [-0.2, 0) is 6.54 Å². The summed E-state index contributed by atoms with van der Waals surface area (Å²) >= 11 is 1.62. The Morgan fingerprint density at radius 3 is 3.00 bits per heavy atom. The van der Waals surface area contributed by atoms with Crippen LogP contribution >= 0.6 is 11.3 Å². The minimum absolute atomic E-state index is 0.257. The van der Waals surface area contributed by atoms with Crippen LogP contribution in [0, 0.1) is 0 Å². The van der Waals surface area contributed by atoms with Crippen LogP contribution in [0.2, 0.25) is 0 Å². The molecule has 2 aromatic heterocycles. The number of pyridine rings is 1. The predicted molar refractivity (Wildman–Crippen MR) is 61.6 cm³/mol. The lowest BCUT2D eigenvalue weighted by Gasteiger charge is -2.11. The standard InChI is InChI=1S/C11H13N3S/c1-9(11-4-2-3-5-12-11)13-6-10-7-15-8-14-10/h2-5,7-9,13H,6H2,1H3/t9-/m1/s1. The molecule has 0 radical (unpaired) electrons. The molecule has 78 valence electrons. The Kier molecular flexibility index (Phi) is 3.42. The fourth-order valence-electron chi connectivity index (χ4n) is 1.32. The fraction of sp³-hybridized carbons (Fsp3) is 0.273. The highest BCUT2D eigenvalue weighted by atomic mass is 32.1. The molecule has 0 aromatic carbocycles. The van der Waals surface area contributed by atoms with Gasteiger partial charge in [0, 0.05) is 24.2 Å². The van der Waals surface area contributed by atoms with Crippen LogP contribution in [0.25, 0.3) is 0 Å². The molecule has 0 saturated carbocycles. The second-order valence-electron chi connectivity index (χ2n) is 3.34. The maximum atomic E-state index is 4.30. The van der Waals surface area contributed by atoms with Crippen LogP contribution in [0.15, 0.2) is 35.3 Å². The number of nitrogens with one attached hydrogen (secondary N) is 1. The number of aromatic nitrogens is 2. The van der Waals surface area contributed by atoms with E-state index in [1.165, 1.54) is 0 Å². The third-order valence-corrected chi connectivity index (χ3v) is 2.84. The smallest absolute Gasteiger partial charge is 0.0795 e. The minimum Gasteiger partial charge on any atom is -0.303 e. The molecule has 0 amide bonds. The molecule has 0 saturated heterocycles. The average Bonchev–Trinajstić information content (AvgIpc) is 2.80. The lowest BCUT2D eigenvalue weighted by atomic mass is 10.2. The third-order valence-electron chi connectivity index (χ3n) is 2.20. The van der Waals surface area contributed by atoms with E-state index in [9.17, 15) is 0 Å². The van der Waals surface area contributed by atoms with Gasteiger partial charge in [-0.1, -0.05) is 6.07 Å². The topological polar surface area (TPSA) is 37.8 Å². The highest BCUT2D eigenvalue weighted by Crippen LogP contribution is 2.09. The Morgan fingerprint density at radius 1 is 1.40 bits per heavy atom. The van der Waals surface area contributed by atoms with Crippen molar-refractivity contribution in [3.8, 4) is 0 Å². The second kappa shape index (κ2) is 5.00. The van der Waals surface area contributed by atoms with E-state index >= 15 is 0 Å². The normalized spacial score (nSPS) is 12.6. The summed E-state index contributed by atoms with van der Waals surface area (Å²) in [4.78, 5) is 8.52. The Balaban J connectivity index is 1.90. The highest BCUT2D eigenvalue weighted by molar-refractivity contribution is 7.07. The molecule has 0 aliphatic heterocycles. The molecule has 1 N–H and O–H groups in total. The van der Waals surface area contributed by atoms with E-state index in [-0.39, 0.29) is 6.04 Å². The molecule has 4 heteroatoms. The lowest BCUT2D eigenvalue weighted by Crippen LogP contribution is -2.19. The van der Waals surface area contributed by atoms with Gasteiger partial charge < -0.3 is 5.32 Å². The van der Waals surface area contributed by atoms with Gasteiger partial charge in [0.15, 0.2) is 0 Å². The number of thiazole rings is 1. The number of nitrogens with zero attached hydrogens (tertiary/aromatic N) is 2. The molecule has 0 aliphatic carbocycles. The van der Waals surface area contributed by atoms with Gasteiger partial charge in [0.1, 0.15) is 0 Å². The summed E-state index contributed by atoms with van der Waals surface area (Å²) in [5.41, 5.74) is 4.00. The van der Waals surface area contributed by atoms with Crippen molar-refractivity contribution in [3.63, 3.8) is 0 Å². The molecule has 0 aliphatic rings. The molecule has 3 nitrogen and oxygen atoms in total. The van der Waals surface area contributed by atoms with E-state index in [1.54, 1.807) is 11.3 Å². The number of hydrogen-bond donors (Lipinski definition) is 1. The summed E-state index contributed by atoms with van der Waals surface area (Å²) in [6, 6.07) is 6.21.